The van der Waals surface area contributed by atoms with E-state index in [0.717, 1.165) is 25.9 Å². The Hall–Kier alpha value is -0.220. The second kappa shape index (κ2) is 4.74. The van der Waals surface area contributed by atoms with Gasteiger partial charge >= 0.3 is 0 Å². The van der Waals surface area contributed by atoms with Crippen molar-refractivity contribution in [1.29, 1.82) is 0 Å². The molecule has 86 valence electrons. The number of rotatable bonds is 3. The van der Waals surface area contributed by atoms with Crippen molar-refractivity contribution in [3.8, 4) is 0 Å². The fourth-order valence-electron chi connectivity index (χ4n) is 2.28. The molecule has 2 atom stereocenters. The highest BCUT2D eigenvalue weighted by Crippen LogP contribution is 2.36. The molecule has 2 aliphatic rings. The highest BCUT2D eigenvalue weighted by atomic mass is 32.2. The normalized spacial score (nSPS) is 35.7. The lowest BCUT2D eigenvalue weighted by Gasteiger charge is -2.23. The van der Waals surface area contributed by atoms with E-state index in [0.29, 0.717) is 0 Å². The summed E-state index contributed by atoms with van der Waals surface area (Å²) in [5.41, 5.74) is 0. The second-order valence-electron chi connectivity index (χ2n) is 4.77. The standard InChI is InChI=1S/C11H20N2OS/c1-11(5-3-7-15-11)8-13-10(14)9-4-2-6-12-9/h9,12H,2-8H2,1H3,(H,13,14)/t9-,11?/m1/s1. The van der Waals surface area contributed by atoms with Gasteiger partial charge in [-0.3, -0.25) is 4.79 Å². The molecule has 15 heavy (non-hydrogen) atoms. The summed E-state index contributed by atoms with van der Waals surface area (Å²) < 4.78 is 0.286. The number of carbonyl (C=O) groups excluding carboxylic acids is 1. The summed E-state index contributed by atoms with van der Waals surface area (Å²) in [4.78, 5) is 11.8. The van der Waals surface area contributed by atoms with Crippen LogP contribution in [0.3, 0.4) is 0 Å². The predicted molar refractivity (Wildman–Crippen MR) is 64.1 cm³/mol. The van der Waals surface area contributed by atoms with E-state index in [2.05, 4.69) is 17.6 Å². The largest absolute Gasteiger partial charge is 0.353 e. The summed E-state index contributed by atoms with van der Waals surface area (Å²) in [6, 6.07) is 0.0694. The number of thioether (sulfide) groups is 1. The molecular formula is C11H20N2OS. The molecule has 0 aromatic carbocycles. The molecule has 2 aliphatic heterocycles. The number of amides is 1. The third-order valence-corrected chi connectivity index (χ3v) is 4.85. The van der Waals surface area contributed by atoms with E-state index < -0.39 is 0 Å². The third-order valence-electron chi connectivity index (χ3n) is 3.31. The zero-order valence-corrected chi connectivity index (χ0v) is 10.2. The van der Waals surface area contributed by atoms with Crippen molar-refractivity contribution in [3.63, 3.8) is 0 Å². The molecule has 0 bridgehead atoms. The molecule has 0 aromatic heterocycles. The van der Waals surface area contributed by atoms with Gasteiger partial charge in [-0.2, -0.15) is 11.8 Å². The summed E-state index contributed by atoms with van der Waals surface area (Å²) in [5.74, 6) is 1.44. The Morgan fingerprint density at radius 3 is 3.07 bits per heavy atom. The maximum atomic E-state index is 11.8. The third kappa shape index (κ3) is 2.88. The van der Waals surface area contributed by atoms with Crippen molar-refractivity contribution in [2.75, 3.05) is 18.8 Å². The van der Waals surface area contributed by atoms with Gasteiger partial charge in [0, 0.05) is 11.3 Å². The second-order valence-corrected chi connectivity index (χ2v) is 6.45. The van der Waals surface area contributed by atoms with Gasteiger partial charge in [-0.25, -0.2) is 0 Å². The van der Waals surface area contributed by atoms with E-state index in [9.17, 15) is 4.79 Å². The molecule has 0 spiro atoms. The summed E-state index contributed by atoms with van der Waals surface area (Å²) in [6.45, 7) is 4.08. The first-order valence-corrected chi connectivity index (χ1v) is 6.83. The lowest BCUT2D eigenvalue weighted by atomic mass is 10.1. The van der Waals surface area contributed by atoms with Crippen molar-refractivity contribution < 1.29 is 4.79 Å². The quantitative estimate of drug-likeness (QED) is 0.761. The van der Waals surface area contributed by atoms with Gasteiger partial charge in [0.05, 0.1) is 6.04 Å². The molecule has 1 amide bonds. The van der Waals surface area contributed by atoms with Gasteiger partial charge in [0.15, 0.2) is 0 Å². The van der Waals surface area contributed by atoms with E-state index in [1.807, 2.05) is 11.8 Å². The molecule has 0 aromatic rings. The molecule has 0 saturated carbocycles. The highest BCUT2D eigenvalue weighted by molar-refractivity contribution is 8.00. The molecular weight excluding hydrogens is 208 g/mol. The maximum absolute atomic E-state index is 11.8. The Morgan fingerprint density at radius 1 is 1.60 bits per heavy atom. The van der Waals surface area contributed by atoms with Crippen molar-refractivity contribution in [3.05, 3.63) is 0 Å². The Bertz CT molecular complexity index is 233. The van der Waals surface area contributed by atoms with Crippen LogP contribution in [0.2, 0.25) is 0 Å². The summed E-state index contributed by atoms with van der Waals surface area (Å²) in [7, 11) is 0. The Labute approximate surface area is 95.8 Å². The van der Waals surface area contributed by atoms with Gasteiger partial charge in [-0.15, -0.1) is 0 Å². The van der Waals surface area contributed by atoms with E-state index in [1.165, 1.54) is 18.6 Å². The van der Waals surface area contributed by atoms with Gasteiger partial charge in [0.2, 0.25) is 5.91 Å². The summed E-state index contributed by atoms with van der Waals surface area (Å²) in [6.07, 6.45) is 4.65. The van der Waals surface area contributed by atoms with Crippen LogP contribution < -0.4 is 10.6 Å². The Kier molecular flexibility index (Phi) is 3.57. The summed E-state index contributed by atoms with van der Waals surface area (Å²) >= 11 is 1.99. The first-order chi connectivity index (χ1) is 7.20. The Balaban J connectivity index is 1.74. The van der Waals surface area contributed by atoms with Crippen LogP contribution >= 0.6 is 11.8 Å². The van der Waals surface area contributed by atoms with Gasteiger partial charge in [-0.1, -0.05) is 0 Å². The fraction of sp³-hybridized carbons (Fsp3) is 0.909. The van der Waals surface area contributed by atoms with Crippen LogP contribution in [0.4, 0.5) is 0 Å². The molecule has 1 unspecified atom stereocenters. The fourth-order valence-corrected chi connectivity index (χ4v) is 3.53. The smallest absolute Gasteiger partial charge is 0.237 e. The highest BCUT2D eigenvalue weighted by Gasteiger charge is 2.31. The minimum atomic E-state index is 0.0694. The van der Waals surface area contributed by atoms with Gasteiger partial charge in [0.25, 0.3) is 0 Å². The predicted octanol–water partition coefficient (Wildman–Crippen LogP) is 1.14. The van der Waals surface area contributed by atoms with Crippen LogP contribution in [0.15, 0.2) is 0 Å². The van der Waals surface area contributed by atoms with E-state index in [-0.39, 0.29) is 16.7 Å². The van der Waals surface area contributed by atoms with Crippen molar-refractivity contribution in [1.82, 2.24) is 10.6 Å². The molecule has 2 heterocycles. The van der Waals surface area contributed by atoms with Gasteiger partial charge in [-0.05, 0) is 44.9 Å². The van der Waals surface area contributed by atoms with Crippen LogP contribution in [-0.2, 0) is 4.79 Å². The molecule has 2 saturated heterocycles. The molecule has 4 heteroatoms. The topological polar surface area (TPSA) is 41.1 Å². The van der Waals surface area contributed by atoms with Gasteiger partial charge < -0.3 is 10.6 Å². The molecule has 0 aliphatic carbocycles. The van der Waals surface area contributed by atoms with Crippen LogP contribution in [0.25, 0.3) is 0 Å². The lowest BCUT2D eigenvalue weighted by Crippen LogP contribution is -2.45. The minimum Gasteiger partial charge on any atom is -0.353 e. The molecule has 0 radical (unpaired) electrons. The van der Waals surface area contributed by atoms with Crippen LogP contribution in [0.5, 0.6) is 0 Å². The first kappa shape index (κ1) is 11.3. The average molecular weight is 228 g/mol. The maximum Gasteiger partial charge on any atom is 0.237 e. The first-order valence-electron chi connectivity index (χ1n) is 5.85. The molecule has 2 N–H and O–H groups in total. The number of carbonyl (C=O) groups is 1. The molecule has 2 fully saturated rings. The SMILES string of the molecule is CC1(CNC(=O)[C@H]2CCCN2)CCCS1. The molecule has 2 rings (SSSR count). The summed E-state index contributed by atoms with van der Waals surface area (Å²) in [5, 5.41) is 6.31. The lowest BCUT2D eigenvalue weighted by molar-refractivity contribution is -0.122. The monoisotopic (exact) mass is 228 g/mol. The van der Waals surface area contributed by atoms with E-state index in [1.54, 1.807) is 0 Å². The van der Waals surface area contributed by atoms with Crippen molar-refractivity contribution in [2.24, 2.45) is 0 Å². The number of nitrogens with one attached hydrogen (secondary N) is 2. The zero-order valence-electron chi connectivity index (χ0n) is 9.34. The van der Waals surface area contributed by atoms with E-state index in [4.69, 9.17) is 0 Å². The zero-order chi connectivity index (χ0) is 10.7. The van der Waals surface area contributed by atoms with E-state index >= 15 is 0 Å². The average Bonchev–Trinajstić information content (AvgIpc) is 2.85. The van der Waals surface area contributed by atoms with Crippen LogP contribution in [0, 0.1) is 0 Å². The van der Waals surface area contributed by atoms with Crippen LogP contribution in [-0.4, -0.2) is 35.5 Å². The van der Waals surface area contributed by atoms with Crippen LogP contribution in [0.1, 0.15) is 32.6 Å². The minimum absolute atomic E-state index is 0.0694. The van der Waals surface area contributed by atoms with Gasteiger partial charge in [0.1, 0.15) is 0 Å². The number of hydrogen-bond donors (Lipinski definition) is 2. The Morgan fingerprint density at radius 2 is 2.47 bits per heavy atom. The van der Waals surface area contributed by atoms with Crippen molar-refractivity contribution in [2.45, 2.75) is 43.4 Å². The number of hydrogen-bond acceptors (Lipinski definition) is 3. The van der Waals surface area contributed by atoms with Crippen molar-refractivity contribution >= 4 is 17.7 Å². The molecule has 3 nitrogen and oxygen atoms in total.